The molecule has 0 fully saturated rings. The fourth-order valence-electron chi connectivity index (χ4n) is 2.80. The summed E-state index contributed by atoms with van der Waals surface area (Å²) >= 11 is 6.73. The van der Waals surface area contributed by atoms with Crippen molar-refractivity contribution < 1.29 is 19.1 Å². The van der Waals surface area contributed by atoms with Crippen molar-refractivity contribution in [2.45, 2.75) is 0 Å². The first-order valence-electron chi connectivity index (χ1n) is 8.81. The number of amides is 2. The highest BCUT2D eigenvalue weighted by Crippen LogP contribution is 2.28. The van der Waals surface area contributed by atoms with Gasteiger partial charge in [0.25, 0.3) is 11.8 Å². The molecule has 3 rings (SSSR count). The second-order valence-corrected chi connectivity index (χ2v) is 7.97. The number of rotatable bonds is 6. The molecule has 0 unspecified atom stereocenters. The zero-order valence-corrected chi connectivity index (χ0v) is 19.3. The second kappa shape index (κ2) is 9.77. The molecule has 0 heterocycles. The maximum absolute atomic E-state index is 12.8. The van der Waals surface area contributed by atoms with E-state index in [1.807, 2.05) is 0 Å². The van der Waals surface area contributed by atoms with Gasteiger partial charge >= 0.3 is 0 Å². The highest BCUT2D eigenvalue weighted by molar-refractivity contribution is 9.10. The molecular weight excluding hydrogens is 516 g/mol. The number of benzene rings is 3. The zero-order chi connectivity index (χ0) is 21.7. The van der Waals surface area contributed by atoms with Gasteiger partial charge in [-0.25, -0.2) is 0 Å². The van der Waals surface area contributed by atoms with E-state index in [0.29, 0.717) is 34.0 Å². The minimum Gasteiger partial charge on any atom is -0.496 e. The Morgan fingerprint density at radius 1 is 0.700 bits per heavy atom. The fourth-order valence-corrected chi connectivity index (χ4v) is 3.52. The van der Waals surface area contributed by atoms with Gasteiger partial charge in [0.1, 0.15) is 11.5 Å². The van der Waals surface area contributed by atoms with E-state index in [9.17, 15) is 9.59 Å². The molecule has 0 radical (unpaired) electrons. The molecule has 0 saturated heterocycles. The van der Waals surface area contributed by atoms with Crippen LogP contribution in [0.25, 0.3) is 0 Å². The molecule has 2 N–H and O–H groups in total. The lowest BCUT2D eigenvalue weighted by molar-refractivity contribution is 0.101. The van der Waals surface area contributed by atoms with Crippen LogP contribution in [0.1, 0.15) is 20.7 Å². The highest BCUT2D eigenvalue weighted by Gasteiger charge is 2.17. The number of methoxy groups -OCH3 is 2. The Morgan fingerprint density at radius 2 is 1.10 bits per heavy atom. The Labute approximate surface area is 190 Å². The van der Waals surface area contributed by atoms with Crippen molar-refractivity contribution in [1.29, 1.82) is 0 Å². The van der Waals surface area contributed by atoms with Gasteiger partial charge in [-0.1, -0.05) is 44.0 Å². The van der Waals surface area contributed by atoms with Crippen molar-refractivity contribution in [3.8, 4) is 11.5 Å². The van der Waals surface area contributed by atoms with Crippen LogP contribution in [0.15, 0.2) is 69.6 Å². The van der Waals surface area contributed by atoms with Gasteiger partial charge in [-0.2, -0.15) is 0 Å². The summed E-state index contributed by atoms with van der Waals surface area (Å²) < 4.78 is 12.1. The van der Waals surface area contributed by atoms with Crippen molar-refractivity contribution >= 4 is 55.0 Å². The molecule has 0 saturated carbocycles. The Hall–Kier alpha value is -2.84. The van der Waals surface area contributed by atoms with E-state index >= 15 is 0 Å². The number of hydrogen-bond acceptors (Lipinski definition) is 4. The van der Waals surface area contributed by atoms with Crippen molar-refractivity contribution in [3.05, 3.63) is 80.7 Å². The van der Waals surface area contributed by atoms with E-state index in [2.05, 4.69) is 42.5 Å². The third kappa shape index (κ3) is 5.01. The van der Waals surface area contributed by atoms with Gasteiger partial charge in [0.05, 0.1) is 36.7 Å². The highest BCUT2D eigenvalue weighted by atomic mass is 79.9. The molecule has 30 heavy (non-hydrogen) atoms. The van der Waals surface area contributed by atoms with Gasteiger partial charge in [0.2, 0.25) is 0 Å². The number of hydrogen-bond donors (Lipinski definition) is 2. The Bertz CT molecular complexity index is 1020. The lowest BCUT2D eigenvalue weighted by Gasteiger charge is -2.15. The molecule has 0 aromatic heterocycles. The van der Waals surface area contributed by atoms with Gasteiger partial charge < -0.3 is 20.1 Å². The molecule has 0 aliphatic rings. The number of anilines is 2. The first-order chi connectivity index (χ1) is 14.4. The molecule has 0 bridgehead atoms. The molecule has 3 aromatic carbocycles. The summed E-state index contributed by atoms with van der Waals surface area (Å²) in [5, 5.41) is 5.66. The summed E-state index contributed by atoms with van der Waals surface area (Å²) in [5.41, 5.74) is 1.63. The van der Waals surface area contributed by atoms with Crippen LogP contribution in [0.4, 0.5) is 11.4 Å². The standard InChI is InChI=1S/C22H18Br2N2O4/c1-29-19-9-7-13(23)11-15(19)21(27)25-17-5-3-4-6-18(17)26-22(28)16-12-14(24)8-10-20(16)30-2/h3-12H,1-2H3,(H,25,27)(H,26,28). The van der Waals surface area contributed by atoms with Crippen LogP contribution in [0.5, 0.6) is 11.5 Å². The summed E-state index contributed by atoms with van der Waals surface area (Å²) in [7, 11) is 3.00. The minimum absolute atomic E-state index is 0.363. The number of carbonyl (C=O) groups is 2. The molecule has 0 aliphatic carbocycles. The molecule has 2 amide bonds. The van der Waals surface area contributed by atoms with Crippen molar-refractivity contribution in [1.82, 2.24) is 0 Å². The SMILES string of the molecule is COc1ccc(Br)cc1C(=O)Nc1ccccc1NC(=O)c1cc(Br)ccc1OC. The lowest BCUT2D eigenvalue weighted by atomic mass is 10.1. The largest absolute Gasteiger partial charge is 0.496 e. The average molecular weight is 534 g/mol. The number of halogens is 2. The van der Waals surface area contributed by atoms with Gasteiger partial charge in [-0.05, 0) is 48.5 Å². The van der Waals surface area contributed by atoms with E-state index in [1.54, 1.807) is 60.7 Å². The van der Waals surface area contributed by atoms with Crippen LogP contribution in [0, 0.1) is 0 Å². The van der Waals surface area contributed by atoms with E-state index in [0.717, 1.165) is 8.95 Å². The molecular formula is C22H18Br2N2O4. The first-order valence-corrected chi connectivity index (χ1v) is 10.4. The Balaban J connectivity index is 1.87. The van der Waals surface area contributed by atoms with Crippen LogP contribution in [-0.2, 0) is 0 Å². The van der Waals surface area contributed by atoms with Crippen LogP contribution >= 0.6 is 31.9 Å². The molecule has 0 aliphatic heterocycles. The Morgan fingerprint density at radius 3 is 1.47 bits per heavy atom. The Kier molecular flexibility index (Phi) is 7.12. The molecule has 6 nitrogen and oxygen atoms in total. The van der Waals surface area contributed by atoms with Crippen LogP contribution in [0.3, 0.4) is 0 Å². The van der Waals surface area contributed by atoms with Crippen LogP contribution < -0.4 is 20.1 Å². The summed E-state index contributed by atoms with van der Waals surface area (Å²) in [4.78, 5) is 25.7. The summed E-state index contributed by atoms with van der Waals surface area (Å²) in [5.74, 6) is 0.150. The molecule has 8 heteroatoms. The van der Waals surface area contributed by atoms with Gasteiger partial charge in [0.15, 0.2) is 0 Å². The number of nitrogens with one attached hydrogen (secondary N) is 2. The fraction of sp³-hybridized carbons (Fsp3) is 0.0909. The predicted octanol–water partition coefficient (Wildman–Crippen LogP) is 5.73. The average Bonchev–Trinajstić information content (AvgIpc) is 2.75. The van der Waals surface area contributed by atoms with Gasteiger partial charge in [-0.3, -0.25) is 9.59 Å². The maximum Gasteiger partial charge on any atom is 0.259 e. The van der Waals surface area contributed by atoms with Crippen LogP contribution in [0.2, 0.25) is 0 Å². The zero-order valence-electron chi connectivity index (χ0n) is 16.2. The normalized spacial score (nSPS) is 10.3. The van der Waals surface area contributed by atoms with E-state index in [1.165, 1.54) is 14.2 Å². The summed E-state index contributed by atoms with van der Waals surface area (Å²) in [6, 6.07) is 17.3. The van der Waals surface area contributed by atoms with Crippen molar-refractivity contribution in [2.75, 3.05) is 24.9 Å². The molecule has 3 aromatic rings. The minimum atomic E-state index is -0.366. The second-order valence-electron chi connectivity index (χ2n) is 6.14. The maximum atomic E-state index is 12.8. The number of ether oxygens (including phenoxy) is 2. The van der Waals surface area contributed by atoms with E-state index < -0.39 is 0 Å². The molecule has 0 spiro atoms. The lowest BCUT2D eigenvalue weighted by Crippen LogP contribution is -2.17. The first kappa shape index (κ1) is 21.9. The monoisotopic (exact) mass is 532 g/mol. The third-order valence-corrected chi connectivity index (χ3v) is 5.22. The van der Waals surface area contributed by atoms with Crippen molar-refractivity contribution in [3.63, 3.8) is 0 Å². The third-order valence-electron chi connectivity index (χ3n) is 4.24. The van der Waals surface area contributed by atoms with Crippen molar-refractivity contribution in [2.24, 2.45) is 0 Å². The summed E-state index contributed by atoms with van der Waals surface area (Å²) in [6.45, 7) is 0. The van der Waals surface area contributed by atoms with Crippen LogP contribution in [-0.4, -0.2) is 26.0 Å². The quantitative estimate of drug-likeness (QED) is 0.424. The number of carbonyl (C=O) groups excluding carboxylic acids is 2. The van der Waals surface area contributed by atoms with Gasteiger partial charge in [0, 0.05) is 8.95 Å². The number of para-hydroxylation sites is 2. The smallest absolute Gasteiger partial charge is 0.259 e. The predicted molar refractivity (Wildman–Crippen MR) is 124 cm³/mol. The van der Waals surface area contributed by atoms with E-state index in [-0.39, 0.29) is 11.8 Å². The van der Waals surface area contributed by atoms with E-state index in [4.69, 9.17) is 9.47 Å². The van der Waals surface area contributed by atoms with Gasteiger partial charge in [-0.15, -0.1) is 0 Å². The molecule has 154 valence electrons. The summed E-state index contributed by atoms with van der Waals surface area (Å²) in [6.07, 6.45) is 0. The topological polar surface area (TPSA) is 76.7 Å². The molecule has 0 atom stereocenters.